The number of hydrogen-bond donors (Lipinski definition) is 0. The van der Waals surface area contributed by atoms with Gasteiger partial charge in [-0.25, -0.2) is 4.98 Å². The summed E-state index contributed by atoms with van der Waals surface area (Å²) in [6.07, 6.45) is 1.44. The number of anilines is 1. The van der Waals surface area contributed by atoms with Gasteiger partial charge < -0.3 is 5.11 Å². The Morgan fingerprint density at radius 3 is 2.81 bits per heavy atom. The second-order valence-corrected chi connectivity index (χ2v) is 5.51. The summed E-state index contributed by atoms with van der Waals surface area (Å²) in [7, 11) is 0. The van der Waals surface area contributed by atoms with Gasteiger partial charge in [-0.05, 0) is 18.4 Å². The predicted octanol–water partition coefficient (Wildman–Crippen LogP) is 1.11. The van der Waals surface area contributed by atoms with Crippen LogP contribution in [0.4, 0.5) is 5.69 Å². The Morgan fingerprint density at radius 1 is 1.43 bits per heavy atom. The van der Waals surface area contributed by atoms with Crippen molar-refractivity contribution in [3.8, 4) is 17.1 Å². The van der Waals surface area contributed by atoms with E-state index in [0.29, 0.717) is 16.4 Å². The van der Waals surface area contributed by atoms with E-state index >= 15 is 0 Å². The average Bonchev–Trinajstić information content (AvgIpc) is 2.46. The lowest BCUT2D eigenvalue weighted by Crippen LogP contribution is -2.57. The van der Waals surface area contributed by atoms with Crippen molar-refractivity contribution in [3.63, 3.8) is 0 Å². The summed E-state index contributed by atoms with van der Waals surface area (Å²) in [6.45, 7) is 3.35. The molecule has 0 saturated heterocycles. The van der Waals surface area contributed by atoms with Crippen molar-refractivity contribution in [2.45, 2.75) is 25.2 Å². The lowest BCUT2D eigenvalue weighted by atomic mass is 10.0. The summed E-state index contributed by atoms with van der Waals surface area (Å²) < 4.78 is 1.59. The summed E-state index contributed by atoms with van der Waals surface area (Å²) in [4.78, 5) is 17.6. The van der Waals surface area contributed by atoms with Gasteiger partial charge in [-0.1, -0.05) is 28.6 Å². The van der Waals surface area contributed by atoms with Crippen molar-refractivity contribution in [2.24, 2.45) is 0 Å². The number of thioether (sulfide) groups is 1. The van der Waals surface area contributed by atoms with Crippen LogP contribution in [0, 0.1) is 0 Å². The maximum absolute atomic E-state index is 12.3. The zero-order valence-electron chi connectivity index (χ0n) is 11.9. The quantitative estimate of drug-likeness (QED) is 0.583. The maximum Gasteiger partial charge on any atom is 0.263 e. The molecule has 0 N–H and O–H groups in total. The first kappa shape index (κ1) is 13.8. The van der Waals surface area contributed by atoms with Gasteiger partial charge in [-0.15, -0.1) is 0 Å². The van der Waals surface area contributed by atoms with Crippen LogP contribution in [0.1, 0.15) is 20.0 Å². The minimum atomic E-state index is -0.367. The monoisotopic (exact) mass is 302 g/mol. The number of hydrogen-bond acceptors (Lipinski definition) is 5. The molecule has 0 saturated carbocycles. The smallest absolute Gasteiger partial charge is 0.263 e. The Morgan fingerprint density at radius 2 is 2.14 bits per heavy atom. The van der Waals surface area contributed by atoms with Gasteiger partial charge in [-0.3, -0.25) is 9.69 Å². The molecule has 0 aliphatic carbocycles. The van der Waals surface area contributed by atoms with E-state index in [-0.39, 0.29) is 18.0 Å². The Bertz CT molecular complexity index is 735. The summed E-state index contributed by atoms with van der Waals surface area (Å²) in [5.74, 6) is -0.415. The van der Waals surface area contributed by atoms with Gasteiger partial charge in [0.05, 0.1) is 17.1 Å². The highest BCUT2D eigenvalue weighted by molar-refractivity contribution is 7.98. The second kappa shape index (κ2) is 5.00. The second-order valence-electron chi connectivity index (χ2n) is 4.73. The number of nitrogens with zero attached hydrogens (tertiary/aromatic N) is 4. The van der Waals surface area contributed by atoms with Gasteiger partial charge in [0.15, 0.2) is 0 Å². The van der Waals surface area contributed by atoms with E-state index in [4.69, 9.17) is 0 Å². The van der Waals surface area contributed by atoms with Gasteiger partial charge in [0.1, 0.15) is 0 Å². The molecule has 0 spiro atoms. The third-order valence-electron chi connectivity index (χ3n) is 3.49. The summed E-state index contributed by atoms with van der Waals surface area (Å²) in [5.41, 5.74) is 1.83. The minimum Gasteiger partial charge on any atom is -0.854 e. The number of amides is 1. The molecule has 1 atom stereocenters. The Kier molecular flexibility index (Phi) is 3.29. The van der Waals surface area contributed by atoms with Gasteiger partial charge in [0.25, 0.3) is 17.0 Å². The molecule has 0 radical (unpaired) electrons. The highest BCUT2D eigenvalue weighted by Gasteiger charge is 2.39. The van der Waals surface area contributed by atoms with Crippen LogP contribution < -0.4 is 14.7 Å². The Hall–Kier alpha value is -2.15. The van der Waals surface area contributed by atoms with Crippen molar-refractivity contribution in [2.75, 3.05) is 11.2 Å². The standard InChI is InChI=1S/C14H14N4O2S/c1-8-17(9(2)19)11-7-5-4-6-10(11)12-13(20)15-14(21-3)16-18(8)12/h4-8H,1-3H3. The van der Waals surface area contributed by atoms with E-state index in [1.165, 1.54) is 18.7 Å². The molecule has 1 aromatic carbocycles. The highest BCUT2D eigenvalue weighted by Crippen LogP contribution is 2.38. The number of para-hydroxylation sites is 1. The third-order valence-corrected chi connectivity index (χ3v) is 4.03. The largest absolute Gasteiger partial charge is 0.854 e. The van der Waals surface area contributed by atoms with Crippen molar-refractivity contribution >= 4 is 23.4 Å². The highest BCUT2D eigenvalue weighted by atomic mass is 32.2. The molecule has 2 aromatic rings. The lowest BCUT2D eigenvalue weighted by Gasteiger charge is -2.30. The van der Waals surface area contributed by atoms with Gasteiger partial charge in [-0.2, -0.15) is 0 Å². The topological polar surface area (TPSA) is 73.0 Å². The van der Waals surface area contributed by atoms with E-state index in [9.17, 15) is 9.90 Å². The SMILES string of the molecule is CSc1nc([O-])c2[n+](n1)C(C)N(C(C)=O)c1ccccc1-2. The maximum atomic E-state index is 12.3. The zero-order valence-corrected chi connectivity index (χ0v) is 12.7. The van der Waals surface area contributed by atoms with Crippen LogP contribution in [0.5, 0.6) is 5.88 Å². The van der Waals surface area contributed by atoms with Crippen LogP contribution in [0.3, 0.4) is 0 Å². The molecule has 108 valence electrons. The number of carbonyl (C=O) groups is 1. The van der Waals surface area contributed by atoms with E-state index in [2.05, 4.69) is 10.1 Å². The van der Waals surface area contributed by atoms with Crippen LogP contribution in [-0.4, -0.2) is 22.2 Å². The Labute approximate surface area is 126 Å². The van der Waals surface area contributed by atoms with Crippen LogP contribution >= 0.6 is 11.8 Å². The van der Waals surface area contributed by atoms with Gasteiger partial charge in [0.2, 0.25) is 5.91 Å². The fourth-order valence-corrected chi connectivity index (χ4v) is 2.97. The molecule has 3 rings (SSSR count). The number of aromatic nitrogens is 3. The van der Waals surface area contributed by atoms with E-state index in [0.717, 1.165) is 5.69 Å². The van der Waals surface area contributed by atoms with Crippen molar-refractivity contribution in [1.82, 2.24) is 10.1 Å². The molecular formula is C14H14N4O2S. The first-order chi connectivity index (χ1) is 10.0. The molecule has 1 aliphatic heterocycles. The molecule has 21 heavy (non-hydrogen) atoms. The van der Waals surface area contributed by atoms with Gasteiger partial charge in [0, 0.05) is 18.9 Å². The Balaban J connectivity index is 2.34. The molecule has 2 heterocycles. The van der Waals surface area contributed by atoms with Gasteiger partial charge >= 0.3 is 0 Å². The number of benzene rings is 1. The summed E-state index contributed by atoms with van der Waals surface area (Å²) in [5, 5.41) is 17.1. The number of rotatable bonds is 1. The molecule has 1 unspecified atom stereocenters. The lowest BCUT2D eigenvalue weighted by molar-refractivity contribution is -0.769. The molecule has 1 amide bonds. The summed E-state index contributed by atoms with van der Waals surface area (Å²) in [6, 6.07) is 7.32. The fourth-order valence-electron chi connectivity index (χ4n) is 2.63. The fraction of sp³-hybridized carbons (Fsp3) is 0.286. The van der Waals surface area contributed by atoms with Crippen molar-refractivity contribution in [1.29, 1.82) is 0 Å². The molecule has 6 nitrogen and oxygen atoms in total. The van der Waals surface area contributed by atoms with Crippen LogP contribution in [0.15, 0.2) is 29.4 Å². The minimum absolute atomic E-state index is 0.0927. The predicted molar refractivity (Wildman–Crippen MR) is 76.8 cm³/mol. The molecular weight excluding hydrogens is 288 g/mol. The zero-order chi connectivity index (χ0) is 15.1. The first-order valence-corrected chi connectivity index (χ1v) is 7.71. The van der Waals surface area contributed by atoms with E-state index in [1.807, 2.05) is 37.4 Å². The first-order valence-electron chi connectivity index (χ1n) is 6.48. The number of fused-ring (bicyclic) bond motifs is 3. The molecule has 0 bridgehead atoms. The third kappa shape index (κ3) is 2.04. The number of carbonyl (C=O) groups excluding carboxylic acids is 1. The van der Waals surface area contributed by atoms with Crippen LogP contribution in [-0.2, 0) is 4.79 Å². The molecule has 1 aliphatic rings. The van der Waals surface area contributed by atoms with Crippen LogP contribution in [0.2, 0.25) is 0 Å². The van der Waals surface area contributed by atoms with E-state index < -0.39 is 0 Å². The average molecular weight is 302 g/mol. The molecule has 7 heteroatoms. The molecule has 0 fully saturated rings. The van der Waals surface area contributed by atoms with E-state index in [1.54, 1.807) is 9.58 Å². The van der Waals surface area contributed by atoms with Crippen molar-refractivity contribution < 1.29 is 14.6 Å². The summed E-state index contributed by atoms with van der Waals surface area (Å²) >= 11 is 1.30. The van der Waals surface area contributed by atoms with Crippen molar-refractivity contribution in [3.05, 3.63) is 24.3 Å². The molecule has 1 aromatic heterocycles. The van der Waals surface area contributed by atoms with Crippen LogP contribution in [0.25, 0.3) is 11.3 Å². The normalized spacial score (nSPS) is 16.3.